The molecule has 5 heteroatoms. The van der Waals surface area contributed by atoms with Crippen molar-refractivity contribution in [1.29, 1.82) is 0 Å². The molecule has 0 unspecified atom stereocenters. The van der Waals surface area contributed by atoms with Crippen molar-refractivity contribution in [2.75, 3.05) is 0 Å². The van der Waals surface area contributed by atoms with Crippen molar-refractivity contribution in [3.05, 3.63) is 45.5 Å². The number of hydrogen-bond acceptors (Lipinski definition) is 2. The zero-order valence-corrected chi connectivity index (χ0v) is 9.84. The number of carboxylic acid groups (broad SMARTS) is 1. The fraction of sp³-hybridized carbons (Fsp3) is 0.0909. The molecule has 3 nitrogen and oxygen atoms in total. The van der Waals surface area contributed by atoms with Crippen LogP contribution in [0.3, 0.4) is 0 Å². The van der Waals surface area contributed by atoms with Crippen LogP contribution in [-0.4, -0.2) is 16.9 Å². The highest BCUT2D eigenvalue weighted by Crippen LogP contribution is 2.25. The summed E-state index contributed by atoms with van der Waals surface area (Å²) in [5.74, 6) is -1.64. The number of allylic oxidation sites excluding steroid dienone is 1. The maximum absolute atomic E-state index is 11.5. The van der Waals surface area contributed by atoms with Gasteiger partial charge in [0.2, 0.25) is 0 Å². The first-order valence-corrected chi connectivity index (χ1v) is 5.08. The molecule has 16 heavy (non-hydrogen) atoms. The molecule has 0 heterocycles. The summed E-state index contributed by atoms with van der Waals surface area (Å²) in [6.45, 7) is 1.73. The van der Waals surface area contributed by atoms with E-state index in [0.717, 1.165) is 12.2 Å². The van der Waals surface area contributed by atoms with E-state index in [1.54, 1.807) is 6.92 Å². The van der Waals surface area contributed by atoms with Gasteiger partial charge in [-0.15, -0.1) is 0 Å². The standard InChI is InChI=1S/C11H8Cl2O3/c1-6-8(12)4-7(5-9(6)13)10(14)2-3-11(15)16/h2-5H,1H3,(H,15,16). The van der Waals surface area contributed by atoms with Gasteiger partial charge in [0, 0.05) is 21.7 Å². The summed E-state index contributed by atoms with van der Waals surface area (Å²) in [6.07, 6.45) is 1.73. The van der Waals surface area contributed by atoms with Crippen LogP contribution in [0.4, 0.5) is 0 Å². The van der Waals surface area contributed by atoms with E-state index >= 15 is 0 Å². The van der Waals surface area contributed by atoms with Gasteiger partial charge in [0.15, 0.2) is 5.78 Å². The summed E-state index contributed by atoms with van der Waals surface area (Å²) in [5.41, 5.74) is 0.945. The molecule has 1 rings (SSSR count). The Labute approximate surface area is 102 Å². The number of carboxylic acids is 1. The molecule has 1 N–H and O–H groups in total. The van der Waals surface area contributed by atoms with Crippen molar-refractivity contribution < 1.29 is 14.7 Å². The van der Waals surface area contributed by atoms with Crippen molar-refractivity contribution in [3.8, 4) is 0 Å². The lowest BCUT2D eigenvalue weighted by atomic mass is 10.1. The van der Waals surface area contributed by atoms with Crippen molar-refractivity contribution >= 4 is 35.0 Å². The number of carbonyl (C=O) groups is 2. The van der Waals surface area contributed by atoms with E-state index in [0.29, 0.717) is 15.6 Å². The van der Waals surface area contributed by atoms with Crippen LogP contribution in [0.2, 0.25) is 10.0 Å². The molecule has 0 spiro atoms. The summed E-state index contributed by atoms with van der Waals surface area (Å²) in [4.78, 5) is 21.7. The van der Waals surface area contributed by atoms with E-state index in [4.69, 9.17) is 28.3 Å². The van der Waals surface area contributed by atoms with Crippen molar-refractivity contribution in [3.63, 3.8) is 0 Å². The molecule has 0 aromatic heterocycles. The van der Waals surface area contributed by atoms with E-state index in [1.807, 2.05) is 0 Å². The van der Waals surface area contributed by atoms with Crippen molar-refractivity contribution in [2.24, 2.45) is 0 Å². The van der Waals surface area contributed by atoms with Crippen LogP contribution in [0.5, 0.6) is 0 Å². The number of rotatable bonds is 3. The lowest BCUT2D eigenvalue weighted by Crippen LogP contribution is -1.97. The number of carbonyl (C=O) groups excluding carboxylic acids is 1. The molecule has 0 atom stereocenters. The third-order valence-electron chi connectivity index (χ3n) is 1.94. The predicted molar refractivity (Wildman–Crippen MR) is 62.3 cm³/mol. The van der Waals surface area contributed by atoms with Gasteiger partial charge < -0.3 is 5.11 Å². The highest BCUT2D eigenvalue weighted by Gasteiger charge is 2.08. The second kappa shape index (κ2) is 5.14. The van der Waals surface area contributed by atoms with Gasteiger partial charge in [0.1, 0.15) is 0 Å². The topological polar surface area (TPSA) is 54.4 Å². The fourth-order valence-corrected chi connectivity index (χ4v) is 1.52. The largest absolute Gasteiger partial charge is 0.478 e. The number of ketones is 1. The average Bonchev–Trinajstić information content (AvgIpc) is 2.21. The zero-order chi connectivity index (χ0) is 12.3. The van der Waals surface area contributed by atoms with Gasteiger partial charge in [-0.25, -0.2) is 4.79 Å². The van der Waals surface area contributed by atoms with Crippen LogP contribution < -0.4 is 0 Å². The Hall–Kier alpha value is -1.32. The summed E-state index contributed by atoms with van der Waals surface area (Å²) < 4.78 is 0. The quantitative estimate of drug-likeness (QED) is 0.670. The molecule has 0 amide bonds. The molecule has 0 aliphatic rings. The molecule has 0 aliphatic heterocycles. The Kier molecular flexibility index (Phi) is 4.10. The Morgan fingerprint density at radius 3 is 2.12 bits per heavy atom. The maximum Gasteiger partial charge on any atom is 0.328 e. The van der Waals surface area contributed by atoms with Crippen LogP contribution in [0.25, 0.3) is 0 Å². The van der Waals surface area contributed by atoms with Crippen molar-refractivity contribution in [1.82, 2.24) is 0 Å². The third kappa shape index (κ3) is 3.08. The minimum absolute atomic E-state index is 0.262. The fourth-order valence-electron chi connectivity index (χ4n) is 1.03. The predicted octanol–water partition coefficient (Wildman–Crippen LogP) is 3.13. The first-order chi connectivity index (χ1) is 7.41. The Morgan fingerprint density at radius 2 is 1.69 bits per heavy atom. The molecule has 0 saturated heterocycles. The van der Waals surface area contributed by atoms with Crippen LogP contribution in [0, 0.1) is 6.92 Å². The van der Waals surface area contributed by atoms with Gasteiger partial charge in [-0.1, -0.05) is 23.2 Å². The normalized spacial score (nSPS) is 10.7. The molecule has 1 aromatic rings. The summed E-state index contributed by atoms with van der Waals surface area (Å²) in [5, 5.41) is 9.12. The van der Waals surface area contributed by atoms with E-state index < -0.39 is 11.8 Å². The Bertz CT molecular complexity index is 455. The van der Waals surface area contributed by atoms with Gasteiger partial charge in [-0.05, 0) is 30.7 Å². The Morgan fingerprint density at radius 1 is 1.19 bits per heavy atom. The van der Waals surface area contributed by atoms with Crippen molar-refractivity contribution in [2.45, 2.75) is 6.92 Å². The van der Waals surface area contributed by atoms with Gasteiger partial charge >= 0.3 is 5.97 Å². The lowest BCUT2D eigenvalue weighted by Gasteiger charge is -2.03. The van der Waals surface area contributed by atoms with Crippen LogP contribution >= 0.6 is 23.2 Å². The maximum atomic E-state index is 11.5. The molecule has 0 fully saturated rings. The minimum atomic E-state index is -1.18. The van der Waals surface area contributed by atoms with Gasteiger partial charge in [-0.2, -0.15) is 0 Å². The zero-order valence-electron chi connectivity index (χ0n) is 8.33. The summed E-state index contributed by atoms with van der Waals surface area (Å²) >= 11 is 11.7. The molecular weight excluding hydrogens is 251 g/mol. The third-order valence-corrected chi connectivity index (χ3v) is 2.73. The number of hydrogen-bond donors (Lipinski definition) is 1. The first-order valence-electron chi connectivity index (χ1n) is 4.33. The van der Waals surface area contributed by atoms with E-state index in [1.165, 1.54) is 12.1 Å². The smallest absolute Gasteiger partial charge is 0.328 e. The van der Waals surface area contributed by atoms with Crippen LogP contribution in [0.1, 0.15) is 15.9 Å². The second-order valence-electron chi connectivity index (χ2n) is 3.10. The molecule has 84 valence electrons. The number of halogens is 2. The molecule has 0 saturated carbocycles. The molecule has 1 aromatic carbocycles. The first kappa shape index (κ1) is 12.7. The highest BCUT2D eigenvalue weighted by molar-refractivity contribution is 6.36. The molecular formula is C11H8Cl2O3. The summed E-state index contributed by atoms with van der Waals surface area (Å²) in [7, 11) is 0. The number of aliphatic carboxylic acids is 1. The van der Waals surface area contributed by atoms with Crippen LogP contribution in [0.15, 0.2) is 24.3 Å². The van der Waals surface area contributed by atoms with Gasteiger partial charge in [-0.3, -0.25) is 4.79 Å². The molecule has 0 bridgehead atoms. The van der Waals surface area contributed by atoms with Gasteiger partial charge in [0.05, 0.1) is 0 Å². The monoisotopic (exact) mass is 258 g/mol. The molecule has 0 aliphatic carbocycles. The van der Waals surface area contributed by atoms with Gasteiger partial charge in [0.25, 0.3) is 0 Å². The lowest BCUT2D eigenvalue weighted by molar-refractivity contribution is -0.131. The average molecular weight is 259 g/mol. The number of benzene rings is 1. The highest BCUT2D eigenvalue weighted by atomic mass is 35.5. The summed E-state index contributed by atoms with van der Waals surface area (Å²) in [6, 6.07) is 2.91. The minimum Gasteiger partial charge on any atom is -0.478 e. The van der Waals surface area contributed by atoms with Crippen LogP contribution in [-0.2, 0) is 4.79 Å². The molecule has 0 radical (unpaired) electrons. The van der Waals surface area contributed by atoms with E-state index in [9.17, 15) is 9.59 Å². The van der Waals surface area contributed by atoms with E-state index in [-0.39, 0.29) is 5.56 Å². The Balaban J connectivity index is 3.06. The van der Waals surface area contributed by atoms with E-state index in [2.05, 4.69) is 0 Å². The SMILES string of the molecule is Cc1c(Cl)cc(C(=O)C=CC(=O)O)cc1Cl. The second-order valence-corrected chi connectivity index (χ2v) is 3.92.